The first-order valence-corrected chi connectivity index (χ1v) is 7.54. The van der Waals surface area contributed by atoms with E-state index in [2.05, 4.69) is 25.7 Å². The van der Waals surface area contributed by atoms with E-state index in [4.69, 9.17) is 4.74 Å². The quantitative estimate of drug-likeness (QED) is 0.876. The molecule has 0 aliphatic heterocycles. The van der Waals surface area contributed by atoms with Crippen LogP contribution in [0.25, 0.3) is 5.95 Å². The summed E-state index contributed by atoms with van der Waals surface area (Å²) < 4.78 is 7.30. The number of carbonyl (C=O) groups is 1. The van der Waals surface area contributed by atoms with Crippen molar-refractivity contribution in [3.05, 3.63) is 30.9 Å². The van der Waals surface area contributed by atoms with E-state index in [1.165, 1.54) is 4.68 Å². The Morgan fingerprint density at radius 1 is 1.43 bits per heavy atom. The molecule has 8 heteroatoms. The molecule has 2 aromatic rings. The molecule has 2 amide bonds. The first kappa shape index (κ1) is 15.4. The Bertz CT molecular complexity index is 686. The molecule has 2 aromatic heterocycles. The monoisotopic (exact) mass is 316 g/mol. The fourth-order valence-electron chi connectivity index (χ4n) is 2.45. The summed E-state index contributed by atoms with van der Waals surface area (Å²) in [6.07, 6.45) is 7.42. The van der Waals surface area contributed by atoms with Gasteiger partial charge in [-0.25, -0.2) is 19.4 Å². The van der Waals surface area contributed by atoms with Crippen molar-refractivity contribution in [2.24, 2.45) is 0 Å². The van der Waals surface area contributed by atoms with Crippen molar-refractivity contribution in [2.45, 2.75) is 44.9 Å². The highest BCUT2D eigenvalue weighted by Crippen LogP contribution is 2.40. The van der Waals surface area contributed by atoms with Gasteiger partial charge in [0.1, 0.15) is 0 Å². The van der Waals surface area contributed by atoms with Gasteiger partial charge in [-0.2, -0.15) is 5.10 Å². The van der Waals surface area contributed by atoms with Gasteiger partial charge in [0.05, 0.1) is 35.8 Å². The zero-order valence-corrected chi connectivity index (χ0v) is 13.4. The number of anilines is 1. The maximum atomic E-state index is 12.0. The van der Waals surface area contributed by atoms with Gasteiger partial charge in [-0.15, -0.1) is 0 Å². The molecule has 1 aliphatic rings. The van der Waals surface area contributed by atoms with Crippen LogP contribution >= 0.6 is 0 Å². The molecule has 0 saturated heterocycles. The summed E-state index contributed by atoms with van der Waals surface area (Å²) in [5.74, 6) is 0.445. The van der Waals surface area contributed by atoms with E-state index >= 15 is 0 Å². The highest BCUT2D eigenvalue weighted by atomic mass is 16.5. The molecule has 0 spiro atoms. The maximum absolute atomic E-state index is 12.0. The molecule has 122 valence electrons. The van der Waals surface area contributed by atoms with Gasteiger partial charge in [0.25, 0.3) is 0 Å². The number of rotatable bonds is 5. The molecule has 8 nitrogen and oxygen atoms in total. The normalized spacial score (nSPS) is 22.9. The number of ether oxygens (including phenoxy) is 1. The lowest BCUT2D eigenvalue weighted by Crippen LogP contribution is -2.36. The fraction of sp³-hybridized carbons (Fsp3) is 0.467. The molecule has 2 N–H and O–H groups in total. The predicted molar refractivity (Wildman–Crippen MR) is 84.3 cm³/mol. The van der Waals surface area contributed by atoms with Crippen LogP contribution in [-0.4, -0.2) is 43.5 Å². The summed E-state index contributed by atoms with van der Waals surface area (Å²) in [7, 11) is 0. The highest BCUT2D eigenvalue weighted by molar-refractivity contribution is 5.89. The molecule has 2 heterocycles. The van der Waals surface area contributed by atoms with E-state index in [9.17, 15) is 4.79 Å². The van der Waals surface area contributed by atoms with Gasteiger partial charge < -0.3 is 15.4 Å². The molecular formula is C15H20N6O2. The minimum Gasteiger partial charge on any atom is -0.370 e. The van der Waals surface area contributed by atoms with Crippen molar-refractivity contribution in [2.75, 3.05) is 5.32 Å². The number of hydrogen-bond acceptors (Lipinski definition) is 5. The maximum Gasteiger partial charge on any atom is 0.319 e. The smallest absolute Gasteiger partial charge is 0.319 e. The van der Waals surface area contributed by atoms with Gasteiger partial charge in [0.2, 0.25) is 5.95 Å². The Balaban J connectivity index is 1.55. The fourth-order valence-corrected chi connectivity index (χ4v) is 2.45. The van der Waals surface area contributed by atoms with Crippen molar-refractivity contribution >= 4 is 11.7 Å². The molecule has 1 saturated carbocycles. The molecule has 1 fully saturated rings. The summed E-state index contributed by atoms with van der Waals surface area (Å²) in [6.45, 7) is 5.98. The third-order valence-electron chi connectivity index (χ3n) is 3.59. The van der Waals surface area contributed by atoms with Crippen molar-refractivity contribution in [1.82, 2.24) is 25.1 Å². The van der Waals surface area contributed by atoms with Gasteiger partial charge >= 0.3 is 6.03 Å². The molecule has 0 bridgehead atoms. The SMILES string of the molecule is CC(C)O[C@@]1(C)C[C@H]1NC(=O)Nc1cnn(-c2ncccn2)c1. The standard InChI is InChI=1S/C15H20N6O2/c1-10(2)23-15(3)7-12(15)20-14(22)19-11-8-18-21(9-11)13-16-5-4-6-17-13/h4-6,8-10,12H,7H2,1-3H3,(H2,19,20,22)/t12-,15+/m1/s1. The van der Waals surface area contributed by atoms with Crippen molar-refractivity contribution in [3.8, 4) is 5.95 Å². The average Bonchev–Trinajstić information content (AvgIpc) is 2.92. The number of nitrogens with zero attached hydrogens (tertiary/aromatic N) is 4. The first-order valence-electron chi connectivity index (χ1n) is 7.54. The Labute approximate surface area is 134 Å². The summed E-state index contributed by atoms with van der Waals surface area (Å²) in [4.78, 5) is 20.2. The van der Waals surface area contributed by atoms with Crippen LogP contribution in [0.5, 0.6) is 0 Å². The second kappa shape index (κ2) is 5.96. The van der Waals surface area contributed by atoms with E-state index < -0.39 is 0 Å². The third kappa shape index (κ3) is 3.65. The van der Waals surface area contributed by atoms with Gasteiger partial charge in [-0.3, -0.25) is 0 Å². The second-order valence-electron chi connectivity index (χ2n) is 6.06. The van der Waals surface area contributed by atoms with Crippen LogP contribution in [0.1, 0.15) is 27.2 Å². The number of carbonyl (C=O) groups excluding carboxylic acids is 1. The van der Waals surface area contributed by atoms with Crippen molar-refractivity contribution in [3.63, 3.8) is 0 Å². The minimum absolute atomic E-state index is 0.0254. The highest BCUT2D eigenvalue weighted by Gasteiger charge is 2.53. The summed E-state index contributed by atoms with van der Waals surface area (Å²) >= 11 is 0. The Hall–Kier alpha value is -2.48. The van der Waals surface area contributed by atoms with Gasteiger partial charge in [-0.1, -0.05) is 0 Å². The number of aromatic nitrogens is 4. The Kier molecular flexibility index (Phi) is 3.99. The van der Waals surface area contributed by atoms with Gasteiger partial charge in [0, 0.05) is 18.8 Å². The van der Waals surface area contributed by atoms with E-state index in [1.54, 1.807) is 30.9 Å². The zero-order valence-electron chi connectivity index (χ0n) is 13.4. The number of nitrogens with one attached hydrogen (secondary N) is 2. The van der Waals surface area contributed by atoms with E-state index in [0.29, 0.717) is 11.6 Å². The number of hydrogen-bond donors (Lipinski definition) is 2. The summed E-state index contributed by atoms with van der Waals surface area (Å²) in [5.41, 5.74) is 0.301. The predicted octanol–water partition coefficient (Wildman–Crippen LogP) is 1.74. The molecule has 0 aromatic carbocycles. The number of amides is 2. The van der Waals surface area contributed by atoms with Gasteiger partial charge in [0.15, 0.2) is 0 Å². The lowest BCUT2D eigenvalue weighted by atomic mass is 10.3. The summed E-state index contributed by atoms with van der Waals surface area (Å²) in [5, 5.41) is 9.78. The zero-order chi connectivity index (χ0) is 16.4. The van der Waals surface area contributed by atoms with Crippen LogP contribution < -0.4 is 10.6 Å². The lowest BCUT2D eigenvalue weighted by molar-refractivity contribution is -0.00449. The molecule has 1 aliphatic carbocycles. The van der Waals surface area contributed by atoms with Crippen LogP contribution in [0.3, 0.4) is 0 Å². The molecule has 0 unspecified atom stereocenters. The van der Waals surface area contributed by atoms with E-state index in [-0.39, 0.29) is 23.8 Å². The topological polar surface area (TPSA) is 94.0 Å². The molecule has 3 rings (SSSR count). The first-order chi connectivity index (χ1) is 11.0. The Morgan fingerprint density at radius 3 is 2.87 bits per heavy atom. The number of urea groups is 1. The van der Waals surface area contributed by atoms with Crippen LogP contribution in [0, 0.1) is 0 Å². The molecular weight excluding hydrogens is 296 g/mol. The lowest BCUT2D eigenvalue weighted by Gasteiger charge is -2.16. The summed E-state index contributed by atoms with van der Waals surface area (Å²) in [6, 6.07) is 1.47. The van der Waals surface area contributed by atoms with Crippen LogP contribution in [0.2, 0.25) is 0 Å². The van der Waals surface area contributed by atoms with E-state index in [1.807, 2.05) is 20.8 Å². The molecule has 2 atom stereocenters. The van der Waals surface area contributed by atoms with Crippen molar-refractivity contribution < 1.29 is 9.53 Å². The third-order valence-corrected chi connectivity index (χ3v) is 3.59. The van der Waals surface area contributed by atoms with Crippen LogP contribution in [-0.2, 0) is 4.74 Å². The van der Waals surface area contributed by atoms with Crippen LogP contribution in [0.15, 0.2) is 30.9 Å². The van der Waals surface area contributed by atoms with Crippen LogP contribution in [0.4, 0.5) is 10.5 Å². The Morgan fingerprint density at radius 2 is 2.17 bits per heavy atom. The molecule has 0 radical (unpaired) electrons. The van der Waals surface area contributed by atoms with Crippen molar-refractivity contribution in [1.29, 1.82) is 0 Å². The van der Waals surface area contributed by atoms with E-state index in [0.717, 1.165) is 6.42 Å². The second-order valence-corrected chi connectivity index (χ2v) is 6.06. The molecule has 23 heavy (non-hydrogen) atoms. The van der Waals surface area contributed by atoms with Gasteiger partial charge in [-0.05, 0) is 26.8 Å². The minimum atomic E-state index is -0.278. The average molecular weight is 316 g/mol. The largest absolute Gasteiger partial charge is 0.370 e.